The monoisotopic (exact) mass is 426 g/mol. The second-order valence-electron chi connectivity index (χ2n) is 8.54. The van der Waals surface area contributed by atoms with Crippen molar-refractivity contribution in [1.29, 1.82) is 0 Å². The number of nitrogens with zero attached hydrogens (tertiary/aromatic N) is 4. The first-order chi connectivity index (χ1) is 14.7. The number of likely N-dealkylation sites (tertiary alicyclic amines) is 1. The molecule has 0 radical (unpaired) electrons. The summed E-state index contributed by atoms with van der Waals surface area (Å²) in [6, 6.07) is 10.7. The molecular formula is C24H34N4OS. The molecular weight excluding hydrogens is 392 g/mol. The first-order valence-electron chi connectivity index (χ1n) is 11.3. The summed E-state index contributed by atoms with van der Waals surface area (Å²) in [5.41, 5.74) is 2.76. The van der Waals surface area contributed by atoms with Gasteiger partial charge in [-0.25, -0.2) is 0 Å². The predicted octanol–water partition coefficient (Wildman–Crippen LogP) is 4.74. The van der Waals surface area contributed by atoms with Crippen LogP contribution in [0.25, 0.3) is 0 Å². The van der Waals surface area contributed by atoms with Crippen molar-refractivity contribution in [1.82, 2.24) is 19.7 Å². The summed E-state index contributed by atoms with van der Waals surface area (Å²) in [5, 5.41) is 10.4. The minimum absolute atomic E-state index is 0.360. The molecule has 30 heavy (non-hydrogen) atoms. The van der Waals surface area contributed by atoms with Crippen LogP contribution in [-0.4, -0.2) is 57.8 Å². The van der Waals surface area contributed by atoms with Gasteiger partial charge in [0, 0.05) is 24.8 Å². The van der Waals surface area contributed by atoms with Crippen LogP contribution in [0.1, 0.15) is 56.8 Å². The topological polar surface area (TPSA) is 43.2 Å². The van der Waals surface area contributed by atoms with Gasteiger partial charge in [0.15, 0.2) is 5.16 Å². The van der Waals surface area contributed by atoms with Crippen LogP contribution < -0.4 is 0 Å². The lowest BCUT2D eigenvalue weighted by atomic mass is 9.95. The maximum absolute atomic E-state index is 5.82. The molecule has 1 aromatic heterocycles. The van der Waals surface area contributed by atoms with Gasteiger partial charge in [-0.15, -0.1) is 10.2 Å². The third kappa shape index (κ3) is 5.54. The highest BCUT2D eigenvalue weighted by Crippen LogP contribution is 2.31. The lowest BCUT2D eigenvalue weighted by Crippen LogP contribution is -2.34. The second kappa shape index (κ2) is 10.6. The van der Waals surface area contributed by atoms with E-state index >= 15 is 0 Å². The van der Waals surface area contributed by atoms with E-state index < -0.39 is 0 Å². The van der Waals surface area contributed by atoms with E-state index in [-0.39, 0.29) is 0 Å². The number of benzene rings is 1. The van der Waals surface area contributed by atoms with Crippen molar-refractivity contribution in [3.05, 3.63) is 53.4 Å². The van der Waals surface area contributed by atoms with Gasteiger partial charge in [0.25, 0.3) is 0 Å². The Bertz CT molecular complexity index is 821. The fourth-order valence-corrected chi connectivity index (χ4v) is 5.37. The number of rotatable bonds is 8. The summed E-state index contributed by atoms with van der Waals surface area (Å²) >= 11 is 1.81. The summed E-state index contributed by atoms with van der Waals surface area (Å²) in [7, 11) is 0. The van der Waals surface area contributed by atoms with Crippen LogP contribution in [0.15, 0.2) is 47.1 Å². The molecule has 1 aromatic carbocycles. The minimum atomic E-state index is 0.360. The largest absolute Gasteiger partial charge is 0.377 e. The van der Waals surface area contributed by atoms with E-state index in [9.17, 15) is 0 Å². The molecule has 4 rings (SSSR count). The first-order valence-corrected chi connectivity index (χ1v) is 12.3. The Kier molecular flexibility index (Phi) is 7.63. The zero-order valence-electron chi connectivity index (χ0n) is 18.3. The Labute approximate surface area is 184 Å². The molecule has 1 unspecified atom stereocenters. The van der Waals surface area contributed by atoms with Crippen molar-refractivity contribution in [2.45, 2.75) is 63.3 Å². The molecule has 0 bridgehead atoms. The molecule has 0 aliphatic carbocycles. The zero-order chi connectivity index (χ0) is 20.8. The van der Waals surface area contributed by atoms with Gasteiger partial charge in [-0.3, -0.25) is 4.90 Å². The Morgan fingerprint density at radius 2 is 1.97 bits per heavy atom. The molecule has 0 N–H and O–H groups in total. The molecule has 5 nitrogen and oxygen atoms in total. The molecule has 6 heteroatoms. The summed E-state index contributed by atoms with van der Waals surface area (Å²) in [6.07, 6.45) is 7.23. The highest BCUT2D eigenvalue weighted by atomic mass is 32.2. The highest BCUT2D eigenvalue weighted by molar-refractivity contribution is 7.99. The Morgan fingerprint density at radius 3 is 2.67 bits per heavy atom. The average molecular weight is 427 g/mol. The van der Waals surface area contributed by atoms with E-state index in [4.69, 9.17) is 9.84 Å². The van der Waals surface area contributed by atoms with Crippen molar-refractivity contribution in [3.63, 3.8) is 0 Å². The molecule has 0 amide bonds. The molecule has 2 fully saturated rings. The fraction of sp³-hybridized carbons (Fsp3) is 0.583. The molecule has 162 valence electrons. The van der Waals surface area contributed by atoms with Crippen LogP contribution >= 0.6 is 11.8 Å². The zero-order valence-corrected chi connectivity index (χ0v) is 19.1. The SMILES string of the molecule is CC=C(C)CN1CCC(c2nnc(SCC3CCCO3)n2Cc2ccccc2)CC1. The quantitative estimate of drug-likeness (QED) is 0.450. The predicted molar refractivity (Wildman–Crippen MR) is 123 cm³/mol. The number of allylic oxidation sites excluding steroid dienone is 1. The fourth-order valence-electron chi connectivity index (χ4n) is 4.36. The summed E-state index contributed by atoms with van der Waals surface area (Å²) < 4.78 is 8.19. The van der Waals surface area contributed by atoms with E-state index in [1.54, 1.807) is 11.8 Å². The van der Waals surface area contributed by atoms with Crippen molar-refractivity contribution in [3.8, 4) is 0 Å². The minimum Gasteiger partial charge on any atom is -0.377 e. The molecule has 2 aliphatic heterocycles. The van der Waals surface area contributed by atoms with Gasteiger partial charge in [0.2, 0.25) is 0 Å². The summed E-state index contributed by atoms with van der Waals surface area (Å²) in [5.74, 6) is 2.62. The first kappa shape index (κ1) is 21.6. The van der Waals surface area contributed by atoms with Gasteiger partial charge >= 0.3 is 0 Å². The Balaban J connectivity index is 1.47. The van der Waals surface area contributed by atoms with Crippen molar-refractivity contribution in [2.24, 2.45) is 0 Å². The maximum atomic E-state index is 5.82. The molecule has 2 saturated heterocycles. The van der Waals surface area contributed by atoms with Gasteiger partial charge in [-0.1, -0.05) is 53.7 Å². The van der Waals surface area contributed by atoms with Crippen molar-refractivity contribution in [2.75, 3.05) is 32.0 Å². The van der Waals surface area contributed by atoms with Crippen LogP contribution in [-0.2, 0) is 11.3 Å². The smallest absolute Gasteiger partial charge is 0.191 e. The van der Waals surface area contributed by atoms with Crippen LogP contribution in [0.5, 0.6) is 0 Å². The summed E-state index contributed by atoms with van der Waals surface area (Å²) in [6.45, 7) is 9.44. The molecule has 2 aliphatic rings. The van der Waals surface area contributed by atoms with Gasteiger partial charge in [-0.2, -0.15) is 0 Å². The van der Waals surface area contributed by atoms with Crippen LogP contribution in [0, 0.1) is 0 Å². The molecule has 0 spiro atoms. The third-order valence-corrected chi connectivity index (χ3v) is 7.37. The third-order valence-electron chi connectivity index (χ3n) is 6.27. The standard InChI is InChI=1S/C24H34N4OS/c1-3-19(2)16-27-13-11-21(12-14-27)23-25-26-24(30-18-22-10-7-15-29-22)28(23)17-20-8-5-4-6-9-20/h3-6,8-9,21-22H,7,10-18H2,1-2H3. The van der Waals surface area contributed by atoms with Crippen molar-refractivity contribution < 1.29 is 4.74 Å². The molecule has 1 atom stereocenters. The maximum Gasteiger partial charge on any atom is 0.191 e. The normalized spacial score (nSPS) is 21.4. The number of aromatic nitrogens is 3. The lowest BCUT2D eigenvalue weighted by molar-refractivity contribution is 0.129. The Hall–Kier alpha value is -1.63. The van der Waals surface area contributed by atoms with Crippen LogP contribution in [0.2, 0.25) is 0 Å². The molecule has 2 aromatic rings. The van der Waals surface area contributed by atoms with Gasteiger partial charge < -0.3 is 9.30 Å². The number of piperidine rings is 1. The molecule has 0 saturated carbocycles. The number of ether oxygens (including phenoxy) is 1. The highest BCUT2D eigenvalue weighted by Gasteiger charge is 2.27. The second-order valence-corrected chi connectivity index (χ2v) is 9.53. The number of hydrogen-bond donors (Lipinski definition) is 0. The van der Waals surface area contributed by atoms with E-state index in [0.29, 0.717) is 12.0 Å². The van der Waals surface area contributed by atoms with E-state index in [1.165, 1.54) is 17.6 Å². The van der Waals surface area contributed by atoms with Crippen LogP contribution in [0.4, 0.5) is 0 Å². The van der Waals surface area contributed by atoms with Crippen molar-refractivity contribution >= 4 is 11.8 Å². The van der Waals surface area contributed by atoms with Gasteiger partial charge in [0.1, 0.15) is 5.82 Å². The van der Waals surface area contributed by atoms with E-state index in [1.807, 2.05) is 0 Å². The lowest BCUT2D eigenvalue weighted by Gasteiger charge is -2.32. The van der Waals surface area contributed by atoms with E-state index in [2.05, 4.69) is 64.8 Å². The Morgan fingerprint density at radius 1 is 1.17 bits per heavy atom. The van der Waals surface area contributed by atoms with E-state index in [0.717, 1.165) is 68.8 Å². The average Bonchev–Trinajstić information content (AvgIpc) is 3.44. The molecule has 3 heterocycles. The summed E-state index contributed by atoms with van der Waals surface area (Å²) in [4.78, 5) is 2.57. The van der Waals surface area contributed by atoms with Gasteiger partial charge in [0.05, 0.1) is 12.6 Å². The number of thioether (sulfide) groups is 1. The van der Waals surface area contributed by atoms with Gasteiger partial charge in [-0.05, 0) is 58.2 Å². The van der Waals surface area contributed by atoms with Crippen LogP contribution in [0.3, 0.4) is 0 Å². The number of hydrogen-bond acceptors (Lipinski definition) is 5.